The van der Waals surface area contributed by atoms with E-state index in [4.69, 9.17) is 0 Å². The molecule has 18 heavy (non-hydrogen) atoms. The third-order valence-electron chi connectivity index (χ3n) is 2.23. The molecule has 2 nitrogen and oxygen atoms in total. The SMILES string of the molecule is Fc1cc(F)c(NCc2cccc(Br)n2)c(F)c1. The van der Waals surface area contributed by atoms with E-state index in [-0.39, 0.29) is 12.2 Å². The van der Waals surface area contributed by atoms with E-state index < -0.39 is 17.5 Å². The van der Waals surface area contributed by atoms with Gasteiger partial charge in [-0.2, -0.15) is 0 Å². The predicted molar refractivity (Wildman–Crippen MR) is 65.6 cm³/mol. The van der Waals surface area contributed by atoms with Crippen LogP contribution in [0.2, 0.25) is 0 Å². The number of hydrogen-bond acceptors (Lipinski definition) is 2. The van der Waals surface area contributed by atoms with Crippen molar-refractivity contribution in [2.45, 2.75) is 6.54 Å². The molecule has 94 valence electrons. The van der Waals surface area contributed by atoms with Gasteiger partial charge in [-0.1, -0.05) is 6.07 Å². The molecule has 1 heterocycles. The monoisotopic (exact) mass is 316 g/mol. The van der Waals surface area contributed by atoms with Gasteiger partial charge in [0.15, 0.2) is 11.6 Å². The summed E-state index contributed by atoms with van der Waals surface area (Å²) in [6, 6.07) is 6.45. The lowest BCUT2D eigenvalue weighted by Crippen LogP contribution is -2.05. The Morgan fingerprint density at radius 3 is 2.39 bits per heavy atom. The number of anilines is 1. The van der Waals surface area contributed by atoms with Crippen molar-refractivity contribution in [2.24, 2.45) is 0 Å². The number of halogens is 4. The minimum Gasteiger partial charge on any atom is -0.375 e. The molecule has 0 aliphatic heterocycles. The first-order valence-electron chi connectivity index (χ1n) is 5.06. The van der Waals surface area contributed by atoms with E-state index in [1.54, 1.807) is 18.2 Å². The molecule has 0 amide bonds. The van der Waals surface area contributed by atoms with E-state index in [2.05, 4.69) is 26.2 Å². The van der Waals surface area contributed by atoms with Crippen LogP contribution in [0.3, 0.4) is 0 Å². The first-order chi connectivity index (χ1) is 8.56. The van der Waals surface area contributed by atoms with Gasteiger partial charge >= 0.3 is 0 Å². The van der Waals surface area contributed by atoms with E-state index in [1.165, 1.54) is 0 Å². The summed E-state index contributed by atoms with van der Waals surface area (Å²) < 4.78 is 40.0. The van der Waals surface area contributed by atoms with Crippen LogP contribution in [0.1, 0.15) is 5.69 Å². The van der Waals surface area contributed by atoms with Gasteiger partial charge in [0, 0.05) is 12.1 Å². The molecule has 0 aliphatic carbocycles. The van der Waals surface area contributed by atoms with Gasteiger partial charge in [0.2, 0.25) is 0 Å². The number of benzene rings is 1. The van der Waals surface area contributed by atoms with Gasteiger partial charge in [-0.15, -0.1) is 0 Å². The molecule has 6 heteroatoms. The van der Waals surface area contributed by atoms with E-state index in [0.717, 1.165) is 0 Å². The fourth-order valence-corrected chi connectivity index (χ4v) is 1.82. The number of pyridine rings is 1. The van der Waals surface area contributed by atoms with Crippen molar-refractivity contribution in [2.75, 3.05) is 5.32 Å². The van der Waals surface area contributed by atoms with Gasteiger partial charge in [-0.05, 0) is 28.1 Å². The highest BCUT2D eigenvalue weighted by Gasteiger charge is 2.11. The summed E-state index contributed by atoms with van der Waals surface area (Å²) in [7, 11) is 0. The zero-order chi connectivity index (χ0) is 13.1. The summed E-state index contributed by atoms with van der Waals surface area (Å²) in [6.45, 7) is 0.138. The molecule has 2 rings (SSSR count). The Balaban J connectivity index is 2.16. The molecule has 0 spiro atoms. The van der Waals surface area contributed by atoms with E-state index >= 15 is 0 Å². The zero-order valence-electron chi connectivity index (χ0n) is 9.05. The van der Waals surface area contributed by atoms with Gasteiger partial charge in [-0.25, -0.2) is 18.2 Å². The number of nitrogens with zero attached hydrogens (tertiary/aromatic N) is 1. The molecule has 0 saturated carbocycles. The lowest BCUT2D eigenvalue weighted by atomic mass is 10.2. The summed E-state index contributed by atoms with van der Waals surface area (Å²) in [6.07, 6.45) is 0. The maximum Gasteiger partial charge on any atom is 0.152 e. The topological polar surface area (TPSA) is 24.9 Å². The van der Waals surface area contributed by atoms with Gasteiger partial charge in [0.1, 0.15) is 16.1 Å². The van der Waals surface area contributed by atoms with Gasteiger partial charge in [0.25, 0.3) is 0 Å². The van der Waals surface area contributed by atoms with Gasteiger partial charge in [0.05, 0.1) is 12.2 Å². The average molecular weight is 317 g/mol. The fourth-order valence-electron chi connectivity index (χ4n) is 1.44. The maximum atomic E-state index is 13.3. The van der Waals surface area contributed by atoms with Crippen LogP contribution < -0.4 is 5.32 Å². The highest BCUT2D eigenvalue weighted by molar-refractivity contribution is 9.10. The first-order valence-corrected chi connectivity index (χ1v) is 5.85. The van der Waals surface area contributed by atoms with Crippen molar-refractivity contribution in [3.63, 3.8) is 0 Å². The average Bonchev–Trinajstić information content (AvgIpc) is 2.27. The Morgan fingerprint density at radius 1 is 1.11 bits per heavy atom. The largest absolute Gasteiger partial charge is 0.375 e. The van der Waals surface area contributed by atoms with Crippen LogP contribution in [0.15, 0.2) is 34.9 Å². The van der Waals surface area contributed by atoms with Crippen molar-refractivity contribution in [1.29, 1.82) is 0 Å². The third kappa shape index (κ3) is 3.01. The van der Waals surface area contributed by atoms with Crippen molar-refractivity contribution >= 4 is 21.6 Å². The van der Waals surface area contributed by atoms with Crippen molar-refractivity contribution in [1.82, 2.24) is 4.98 Å². The second kappa shape index (κ2) is 5.39. The summed E-state index contributed by atoms with van der Waals surface area (Å²) in [5.41, 5.74) is 0.241. The van der Waals surface area contributed by atoms with Crippen LogP contribution in [0, 0.1) is 17.5 Å². The zero-order valence-corrected chi connectivity index (χ0v) is 10.6. The third-order valence-corrected chi connectivity index (χ3v) is 2.67. The quantitative estimate of drug-likeness (QED) is 0.869. The number of rotatable bonds is 3. The lowest BCUT2D eigenvalue weighted by Gasteiger charge is -2.08. The van der Waals surface area contributed by atoms with Crippen LogP contribution in [0.25, 0.3) is 0 Å². The molecule has 0 radical (unpaired) electrons. The fraction of sp³-hybridized carbons (Fsp3) is 0.0833. The summed E-state index contributed by atoms with van der Waals surface area (Å²) >= 11 is 3.19. The van der Waals surface area contributed by atoms with Crippen LogP contribution >= 0.6 is 15.9 Å². The molecular weight excluding hydrogens is 309 g/mol. The molecule has 2 aromatic rings. The minimum atomic E-state index is -0.970. The van der Waals surface area contributed by atoms with Crippen molar-refractivity contribution in [3.05, 3.63) is 58.1 Å². The van der Waals surface area contributed by atoms with E-state index in [9.17, 15) is 13.2 Å². The number of hydrogen-bond donors (Lipinski definition) is 1. The molecule has 0 bridgehead atoms. The van der Waals surface area contributed by atoms with E-state index in [1.807, 2.05) is 0 Å². The van der Waals surface area contributed by atoms with Gasteiger partial charge in [-0.3, -0.25) is 0 Å². The highest BCUT2D eigenvalue weighted by Crippen LogP contribution is 2.20. The molecule has 0 saturated heterocycles. The summed E-state index contributed by atoms with van der Waals surface area (Å²) in [4.78, 5) is 4.10. The predicted octanol–water partition coefficient (Wildman–Crippen LogP) is 3.87. The number of aromatic nitrogens is 1. The first kappa shape index (κ1) is 12.9. The molecule has 0 fully saturated rings. The second-order valence-electron chi connectivity index (χ2n) is 3.55. The normalized spacial score (nSPS) is 10.4. The Kier molecular flexibility index (Phi) is 3.86. The second-order valence-corrected chi connectivity index (χ2v) is 4.36. The smallest absolute Gasteiger partial charge is 0.152 e. The highest BCUT2D eigenvalue weighted by atomic mass is 79.9. The maximum absolute atomic E-state index is 13.3. The van der Waals surface area contributed by atoms with Gasteiger partial charge < -0.3 is 5.32 Å². The molecule has 0 atom stereocenters. The van der Waals surface area contributed by atoms with Crippen LogP contribution in [-0.2, 0) is 6.54 Å². The van der Waals surface area contributed by atoms with Crippen molar-refractivity contribution in [3.8, 4) is 0 Å². The molecule has 1 aromatic carbocycles. The van der Waals surface area contributed by atoms with Crippen LogP contribution in [0.4, 0.5) is 18.9 Å². The molecular formula is C12H8BrF3N2. The van der Waals surface area contributed by atoms with E-state index in [0.29, 0.717) is 22.4 Å². The molecule has 0 aliphatic rings. The molecule has 1 N–H and O–H groups in total. The lowest BCUT2D eigenvalue weighted by molar-refractivity contribution is 0.547. The van der Waals surface area contributed by atoms with Crippen LogP contribution in [0.5, 0.6) is 0 Å². The standard InChI is InChI=1S/C12H8BrF3N2/c13-11-3-1-2-8(18-11)6-17-12-9(15)4-7(14)5-10(12)16/h1-5,17H,6H2. The Hall–Kier alpha value is -1.56. The van der Waals surface area contributed by atoms with Crippen LogP contribution in [-0.4, -0.2) is 4.98 Å². The van der Waals surface area contributed by atoms with Crippen molar-refractivity contribution < 1.29 is 13.2 Å². The molecule has 0 unspecified atom stereocenters. The minimum absolute atomic E-state index is 0.138. The Bertz CT molecular complexity index is 552. The Morgan fingerprint density at radius 2 is 1.78 bits per heavy atom. The summed E-state index contributed by atoms with van der Waals surface area (Å²) in [5.74, 6) is -2.89. The molecule has 1 aromatic heterocycles. The number of nitrogens with one attached hydrogen (secondary N) is 1. The summed E-state index contributed by atoms with van der Waals surface area (Å²) in [5, 5.41) is 2.55. The Labute approximate surface area is 110 Å².